The number of benzene rings is 1. The highest BCUT2D eigenvalue weighted by molar-refractivity contribution is 6.00. The molecule has 2 atom stereocenters. The van der Waals surface area contributed by atoms with Gasteiger partial charge in [0.1, 0.15) is 11.8 Å². The molecule has 0 spiro atoms. The normalized spacial score (nSPS) is 23.1. The number of likely N-dealkylation sites (tertiary alicyclic amines) is 2. The van der Waals surface area contributed by atoms with Gasteiger partial charge < -0.3 is 14.5 Å². The van der Waals surface area contributed by atoms with E-state index in [1.165, 1.54) is 0 Å². The minimum absolute atomic E-state index is 0.0915. The summed E-state index contributed by atoms with van der Waals surface area (Å²) in [6.45, 7) is 6.89. The number of amides is 2. The largest absolute Gasteiger partial charge is 0.493 e. The first kappa shape index (κ1) is 17.8. The van der Waals surface area contributed by atoms with E-state index in [4.69, 9.17) is 4.74 Å². The van der Waals surface area contributed by atoms with E-state index < -0.39 is 0 Å². The fourth-order valence-corrected chi connectivity index (χ4v) is 3.92. The zero-order chi connectivity index (χ0) is 17.8. The molecule has 5 heteroatoms. The average Bonchev–Trinajstić information content (AvgIpc) is 3.30. The van der Waals surface area contributed by atoms with Gasteiger partial charge in [0, 0.05) is 19.6 Å². The van der Waals surface area contributed by atoms with E-state index in [9.17, 15) is 9.59 Å². The third-order valence-corrected chi connectivity index (χ3v) is 5.39. The van der Waals surface area contributed by atoms with Crippen LogP contribution in [-0.2, 0) is 4.79 Å². The van der Waals surface area contributed by atoms with Gasteiger partial charge in [0.05, 0.1) is 12.2 Å². The van der Waals surface area contributed by atoms with Gasteiger partial charge in [-0.05, 0) is 44.2 Å². The number of ether oxygens (including phenoxy) is 1. The predicted octanol–water partition coefficient (Wildman–Crippen LogP) is 2.95. The van der Waals surface area contributed by atoms with Gasteiger partial charge in [0.2, 0.25) is 5.91 Å². The van der Waals surface area contributed by atoms with Crippen molar-refractivity contribution >= 4 is 11.8 Å². The monoisotopic (exact) mass is 344 g/mol. The Morgan fingerprint density at radius 1 is 1.16 bits per heavy atom. The summed E-state index contributed by atoms with van der Waals surface area (Å²) in [5.41, 5.74) is 0.553. The molecule has 2 unspecified atom stereocenters. The standard InChI is InChI=1S/C20H28N2O3/c1-3-15-11-13-21(14-15)20(24)17-9-7-12-22(17)19(23)16-8-5-6-10-18(16)25-4-2/h5-6,8,10,15,17H,3-4,7,9,11-14H2,1-2H3. The first-order valence-electron chi connectivity index (χ1n) is 9.47. The van der Waals surface area contributed by atoms with Crippen LogP contribution in [0.25, 0.3) is 0 Å². The van der Waals surface area contributed by atoms with Gasteiger partial charge in [-0.25, -0.2) is 0 Å². The highest BCUT2D eigenvalue weighted by atomic mass is 16.5. The van der Waals surface area contributed by atoms with Crippen molar-refractivity contribution in [3.8, 4) is 5.75 Å². The molecule has 2 fully saturated rings. The average molecular weight is 344 g/mol. The summed E-state index contributed by atoms with van der Waals surface area (Å²) in [6, 6.07) is 6.99. The molecule has 0 bridgehead atoms. The molecule has 2 aliphatic heterocycles. The van der Waals surface area contributed by atoms with Crippen molar-refractivity contribution in [2.75, 3.05) is 26.2 Å². The summed E-state index contributed by atoms with van der Waals surface area (Å²) in [4.78, 5) is 29.7. The molecular formula is C20H28N2O3. The fourth-order valence-electron chi connectivity index (χ4n) is 3.92. The van der Waals surface area contributed by atoms with Crippen LogP contribution < -0.4 is 4.74 Å². The third-order valence-electron chi connectivity index (χ3n) is 5.39. The van der Waals surface area contributed by atoms with Crippen LogP contribution in [0, 0.1) is 5.92 Å². The number of hydrogen-bond donors (Lipinski definition) is 0. The first-order chi connectivity index (χ1) is 12.2. The van der Waals surface area contributed by atoms with Crippen molar-refractivity contribution in [3.05, 3.63) is 29.8 Å². The van der Waals surface area contributed by atoms with E-state index in [2.05, 4.69) is 6.92 Å². The molecule has 136 valence electrons. The van der Waals surface area contributed by atoms with E-state index >= 15 is 0 Å². The molecule has 25 heavy (non-hydrogen) atoms. The predicted molar refractivity (Wildman–Crippen MR) is 96.6 cm³/mol. The zero-order valence-electron chi connectivity index (χ0n) is 15.2. The van der Waals surface area contributed by atoms with Crippen LogP contribution in [-0.4, -0.2) is 53.9 Å². The molecule has 2 amide bonds. The van der Waals surface area contributed by atoms with Crippen LogP contribution in [0.3, 0.4) is 0 Å². The number of carbonyl (C=O) groups excluding carboxylic acids is 2. The number of nitrogens with zero attached hydrogens (tertiary/aromatic N) is 2. The summed E-state index contributed by atoms with van der Waals surface area (Å²) in [5, 5.41) is 0. The SMILES string of the molecule is CCOc1ccccc1C(=O)N1CCCC1C(=O)N1CCC(CC)C1. The van der Waals surface area contributed by atoms with E-state index in [1.54, 1.807) is 11.0 Å². The lowest BCUT2D eigenvalue weighted by Crippen LogP contribution is -2.47. The second-order valence-electron chi connectivity index (χ2n) is 6.93. The zero-order valence-corrected chi connectivity index (χ0v) is 15.2. The topological polar surface area (TPSA) is 49.9 Å². The van der Waals surface area contributed by atoms with Crippen molar-refractivity contribution in [3.63, 3.8) is 0 Å². The summed E-state index contributed by atoms with van der Waals surface area (Å²) < 4.78 is 5.60. The van der Waals surface area contributed by atoms with Gasteiger partial charge in [0.25, 0.3) is 5.91 Å². The summed E-state index contributed by atoms with van der Waals surface area (Å²) >= 11 is 0. The molecule has 3 rings (SSSR count). The van der Waals surface area contributed by atoms with Crippen molar-refractivity contribution in [1.82, 2.24) is 9.80 Å². The summed E-state index contributed by atoms with van der Waals surface area (Å²) in [7, 11) is 0. The Labute approximate surface area is 149 Å². The molecule has 2 heterocycles. The molecule has 1 aromatic carbocycles. The van der Waals surface area contributed by atoms with Crippen molar-refractivity contribution in [2.24, 2.45) is 5.92 Å². The molecule has 0 N–H and O–H groups in total. The second-order valence-corrected chi connectivity index (χ2v) is 6.93. The van der Waals surface area contributed by atoms with Gasteiger partial charge in [-0.2, -0.15) is 0 Å². The van der Waals surface area contributed by atoms with Crippen LogP contribution in [0.2, 0.25) is 0 Å². The van der Waals surface area contributed by atoms with Gasteiger partial charge in [-0.3, -0.25) is 9.59 Å². The third kappa shape index (κ3) is 3.65. The second kappa shape index (κ2) is 7.89. The Bertz CT molecular complexity index is 631. The lowest BCUT2D eigenvalue weighted by Gasteiger charge is -2.28. The Balaban J connectivity index is 1.75. The molecule has 0 aromatic heterocycles. The lowest BCUT2D eigenvalue weighted by atomic mass is 10.1. The smallest absolute Gasteiger partial charge is 0.258 e. The van der Waals surface area contributed by atoms with Crippen molar-refractivity contribution in [1.29, 1.82) is 0 Å². The highest BCUT2D eigenvalue weighted by Gasteiger charge is 2.39. The van der Waals surface area contributed by atoms with E-state index in [0.29, 0.717) is 30.4 Å². The maximum atomic E-state index is 13.1. The molecule has 2 aliphatic rings. The van der Waals surface area contributed by atoms with Gasteiger partial charge >= 0.3 is 0 Å². The van der Waals surface area contributed by atoms with Crippen LogP contribution in [0.4, 0.5) is 0 Å². The van der Waals surface area contributed by atoms with Gasteiger partial charge in [-0.1, -0.05) is 25.5 Å². The van der Waals surface area contributed by atoms with Crippen LogP contribution in [0.15, 0.2) is 24.3 Å². The van der Waals surface area contributed by atoms with Crippen LogP contribution >= 0.6 is 0 Å². The summed E-state index contributed by atoms with van der Waals surface area (Å²) in [6.07, 6.45) is 3.83. The molecule has 0 aliphatic carbocycles. The Hall–Kier alpha value is -2.04. The quantitative estimate of drug-likeness (QED) is 0.825. The van der Waals surface area contributed by atoms with Crippen molar-refractivity contribution in [2.45, 2.75) is 45.6 Å². The minimum Gasteiger partial charge on any atom is -0.493 e. The number of rotatable bonds is 5. The molecule has 2 saturated heterocycles. The van der Waals surface area contributed by atoms with Gasteiger partial charge in [0.15, 0.2) is 0 Å². The molecule has 5 nitrogen and oxygen atoms in total. The van der Waals surface area contributed by atoms with Crippen LogP contribution in [0.1, 0.15) is 49.9 Å². The molecule has 1 aromatic rings. The molecular weight excluding hydrogens is 316 g/mol. The maximum absolute atomic E-state index is 13.1. The highest BCUT2D eigenvalue weighted by Crippen LogP contribution is 2.28. The Morgan fingerprint density at radius 3 is 2.68 bits per heavy atom. The first-order valence-corrected chi connectivity index (χ1v) is 9.47. The number of hydrogen-bond acceptors (Lipinski definition) is 3. The van der Waals surface area contributed by atoms with Crippen LogP contribution in [0.5, 0.6) is 5.75 Å². The minimum atomic E-state index is -0.321. The van der Waals surface area contributed by atoms with E-state index in [1.807, 2.05) is 30.0 Å². The fraction of sp³-hybridized carbons (Fsp3) is 0.600. The Kier molecular flexibility index (Phi) is 5.61. The van der Waals surface area contributed by atoms with Crippen molar-refractivity contribution < 1.29 is 14.3 Å². The van der Waals surface area contributed by atoms with E-state index in [0.717, 1.165) is 38.8 Å². The van der Waals surface area contributed by atoms with Gasteiger partial charge in [-0.15, -0.1) is 0 Å². The number of carbonyl (C=O) groups is 2. The Morgan fingerprint density at radius 2 is 1.96 bits per heavy atom. The lowest BCUT2D eigenvalue weighted by molar-refractivity contribution is -0.134. The summed E-state index contributed by atoms with van der Waals surface area (Å²) in [5.74, 6) is 1.23. The molecule has 0 saturated carbocycles. The number of para-hydroxylation sites is 1. The molecule has 0 radical (unpaired) electrons. The van der Waals surface area contributed by atoms with E-state index in [-0.39, 0.29) is 17.9 Å². The maximum Gasteiger partial charge on any atom is 0.258 e.